The Morgan fingerprint density at radius 2 is 1.85 bits per heavy atom. The van der Waals surface area contributed by atoms with Gasteiger partial charge in [0.1, 0.15) is 12.7 Å². The smallest absolute Gasteiger partial charge is 0.162 e. The first-order valence-corrected chi connectivity index (χ1v) is 9.44. The third kappa shape index (κ3) is 5.52. The van der Waals surface area contributed by atoms with Gasteiger partial charge >= 0.3 is 0 Å². The normalized spacial score (nSPS) is 18.3. The number of ether oxygens (including phenoxy) is 3. The quantitative estimate of drug-likeness (QED) is 0.710. The fourth-order valence-electron chi connectivity index (χ4n) is 3.01. The summed E-state index contributed by atoms with van der Waals surface area (Å²) in [5, 5.41) is 1.38. The Morgan fingerprint density at radius 1 is 1.08 bits per heavy atom. The molecule has 4 nitrogen and oxygen atoms in total. The third-order valence-corrected chi connectivity index (χ3v) is 4.79. The molecule has 1 fully saturated rings. The van der Waals surface area contributed by atoms with Crippen molar-refractivity contribution in [3.63, 3.8) is 0 Å². The number of hydrogen-bond acceptors (Lipinski definition) is 4. The summed E-state index contributed by atoms with van der Waals surface area (Å²) in [5.41, 5.74) is 1.25. The van der Waals surface area contributed by atoms with Crippen LogP contribution in [0, 0.1) is 0 Å². The van der Waals surface area contributed by atoms with Crippen LogP contribution in [-0.2, 0) is 11.3 Å². The van der Waals surface area contributed by atoms with Crippen molar-refractivity contribution in [3.05, 3.63) is 58.1 Å². The lowest BCUT2D eigenvalue weighted by molar-refractivity contribution is 0.0195. The molecular formula is C20H23Cl2NO3. The fraction of sp³-hybridized carbons (Fsp3) is 0.400. The molecule has 2 aromatic rings. The van der Waals surface area contributed by atoms with Crippen LogP contribution in [0.25, 0.3) is 0 Å². The van der Waals surface area contributed by atoms with Crippen molar-refractivity contribution >= 4 is 23.2 Å². The van der Waals surface area contributed by atoms with Crippen LogP contribution in [0.5, 0.6) is 11.5 Å². The Kier molecular flexibility index (Phi) is 7.03. The summed E-state index contributed by atoms with van der Waals surface area (Å²) in [6.45, 7) is 3.90. The topological polar surface area (TPSA) is 30.9 Å². The lowest BCUT2D eigenvalue weighted by Crippen LogP contribution is -2.34. The minimum Gasteiger partial charge on any atom is -0.493 e. The summed E-state index contributed by atoms with van der Waals surface area (Å²) >= 11 is 12.0. The maximum atomic E-state index is 6.00. The van der Waals surface area contributed by atoms with E-state index in [-0.39, 0.29) is 6.10 Å². The molecule has 0 spiro atoms. The van der Waals surface area contributed by atoms with Crippen molar-refractivity contribution in [1.29, 1.82) is 0 Å². The van der Waals surface area contributed by atoms with Gasteiger partial charge in [-0.1, -0.05) is 35.3 Å². The average molecular weight is 396 g/mol. The summed E-state index contributed by atoms with van der Waals surface area (Å²) in [6.07, 6.45) is 1.01. The van der Waals surface area contributed by atoms with E-state index in [2.05, 4.69) is 17.0 Å². The number of hydrogen-bond donors (Lipinski definition) is 0. The highest BCUT2D eigenvalue weighted by atomic mass is 35.5. The monoisotopic (exact) mass is 395 g/mol. The van der Waals surface area contributed by atoms with Crippen LogP contribution in [0.15, 0.2) is 42.5 Å². The number of benzene rings is 2. The van der Waals surface area contributed by atoms with Crippen molar-refractivity contribution in [3.8, 4) is 11.5 Å². The average Bonchev–Trinajstić information content (AvgIpc) is 2.87. The molecule has 0 radical (unpaired) electrons. The van der Waals surface area contributed by atoms with Crippen LogP contribution >= 0.6 is 23.2 Å². The highest BCUT2D eigenvalue weighted by molar-refractivity contribution is 6.31. The van der Waals surface area contributed by atoms with Gasteiger partial charge in [0.05, 0.1) is 7.11 Å². The second-order valence-electron chi connectivity index (χ2n) is 6.31. The molecule has 1 aliphatic heterocycles. The van der Waals surface area contributed by atoms with E-state index < -0.39 is 0 Å². The first kappa shape index (κ1) is 19.3. The third-order valence-electron chi connectivity index (χ3n) is 4.30. The van der Waals surface area contributed by atoms with Gasteiger partial charge in [0, 0.05) is 42.4 Å². The van der Waals surface area contributed by atoms with Crippen molar-refractivity contribution in [2.24, 2.45) is 0 Å². The van der Waals surface area contributed by atoms with E-state index in [1.807, 2.05) is 18.2 Å². The van der Waals surface area contributed by atoms with Gasteiger partial charge in [-0.3, -0.25) is 4.90 Å². The Labute approximate surface area is 164 Å². The standard InChI is InChI=1S/C20H23Cl2NO3/c1-24-20-11-17(22)7-8-19(20)26-14-18-13-23(9-2-10-25-18)12-15-3-5-16(21)6-4-15/h3-8,11,18H,2,9-10,12-14H2,1H3. The highest BCUT2D eigenvalue weighted by Gasteiger charge is 2.20. The van der Waals surface area contributed by atoms with E-state index in [4.69, 9.17) is 37.4 Å². The van der Waals surface area contributed by atoms with Gasteiger partial charge in [0.25, 0.3) is 0 Å². The second kappa shape index (κ2) is 9.47. The molecule has 1 saturated heterocycles. The first-order chi connectivity index (χ1) is 12.6. The molecule has 0 amide bonds. The number of nitrogens with zero attached hydrogens (tertiary/aromatic N) is 1. The number of halogens is 2. The SMILES string of the molecule is COc1cc(Cl)ccc1OCC1CN(Cc2ccc(Cl)cc2)CCCO1. The van der Waals surface area contributed by atoms with Gasteiger partial charge in [-0.25, -0.2) is 0 Å². The molecule has 0 aliphatic carbocycles. The van der Waals surface area contributed by atoms with E-state index in [1.54, 1.807) is 19.2 Å². The van der Waals surface area contributed by atoms with E-state index >= 15 is 0 Å². The van der Waals surface area contributed by atoms with Crippen LogP contribution < -0.4 is 9.47 Å². The zero-order valence-corrected chi connectivity index (χ0v) is 16.3. The molecule has 0 bridgehead atoms. The van der Waals surface area contributed by atoms with Crippen molar-refractivity contribution in [2.45, 2.75) is 19.1 Å². The number of rotatable bonds is 6. The summed E-state index contributed by atoms with van der Waals surface area (Å²) in [5.74, 6) is 1.30. The Hall–Kier alpha value is -1.46. The van der Waals surface area contributed by atoms with E-state index in [0.29, 0.717) is 23.1 Å². The molecule has 0 aromatic heterocycles. The minimum absolute atomic E-state index is 0.00480. The van der Waals surface area contributed by atoms with Gasteiger partial charge in [-0.15, -0.1) is 0 Å². The summed E-state index contributed by atoms with van der Waals surface area (Å²) in [7, 11) is 1.61. The molecule has 6 heteroatoms. The van der Waals surface area contributed by atoms with Crippen LogP contribution in [0.2, 0.25) is 10.0 Å². The Balaban J connectivity index is 1.58. The van der Waals surface area contributed by atoms with Crippen molar-refractivity contribution in [2.75, 3.05) is 33.4 Å². The van der Waals surface area contributed by atoms with Crippen LogP contribution in [0.4, 0.5) is 0 Å². The van der Waals surface area contributed by atoms with E-state index in [0.717, 1.165) is 37.7 Å². The largest absolute Gasteiger partial charge is 0.493 e. The van der Waals surface area contributed by atoms with E-state index in [1.165, 1.54) is 5.56 Å². The Bertz CT molecular complexity index is 709. The maximum absolute atomic E-state index is 6.00. The second-order valence-corrected chi connectivity index (χ2v) is 7.19. The van der Waals surface area contributed by atoms with E-state index in [9.17, 15) is 0 Å². The lowest BCUT2D eigenvalue weighted by Gasteiger charge is -2.24. The molecule has 0 saturated carbocycles. The Morgan fingerprint density at radius 3 is 2.62 bits per heavy atom. The lowest BCUT2D eigenvalue weighted by atomic mass is 10.2. The predicted molar refractivity (Wildman–Crippen MR) is 105 cm³/mol. The van der Waals surface area contributed by atoms with Crippen molar-refractivity contribution < 1.29 is 14.2 Å². The molecule has 26 heavy (non-hydrogen) atoms. The van der Waals surface area contributed by atoms with Gasteiger partial charge in [0.2, 0.25) is 0 Å². The zero-order chi connectivity index (χ0) is 18.4. The van der Waals surface area contributed by atoms with Gasteiger partial charge in [0.15, 0.2) is 11.5 Å². The molecule has 3 rings (SSSR count). The summed E-state index contributed by atoms with van der Waals surface area (Å²) < 4.78 is 17.2. The molecule has 1 unspecified atom stereocenters. The number of methoxy groups -OCH3 is 1. The molecule has 1 atom stereocenters. The fourth-order valence-corrected chi connectivity index (χ4v) is 3.29. The molecule has 0 N–H and O–H groups in total. The molecular weight excluding hydrogens is 373 g/mol. The minimum atomic E-state index is 0.00480. The van der Waals surface area contributed by atoms with Crippen LogP contribution in [-0.4, -0.2) is 44.4 Å². The first-order valence-electron chi connectivity index (χ1n) is 8.69. The predicted octanol–water partition coefficient (Wildman–Crippen LogP) is 4.67. The highest BCUT2D eigenvalue weighted by Crippen LogP contribution is 2.30. The van der Waals surface area contributed by atoms with Crippen molar-refractivity contribution in [1.82, 2.24) is 4.90 Å². The summed E-state index contributed by atoms with van der Waals surface area (Å²) in [4.78, 5) is 2.39. The molecule has 2 aromatic carbocycles. The summed E-state index contributed by atoms with van der Waals surface area (Å²) in [6, 6.07) is 13.4. The molecule has 1 aliphatic rings. The van der Waals surface area contributed by atoms with Gasteiger partial charge < -0.3 is 14.2 Å². The van der Waals surface area contributed by atoms with Crippen LogP contribution in [0.1, 0.15) is 12.0 Å². The zero-order valence-electron chi connectivity index (χ0n) is 14.8. The van der Waals surface area contributed by atoms with Crippen LogP contribution in [0.3, 0.4) is 0 Å². The molecule has 140 valence electrons. The maximum Gasteiger partial charge on any atom is 0.162 e. The van der Waals surface area contributed by atoms with Gasteiger partial charge in [-0.05, 0) is 36.2 Å². The molecule has 1 heterocycles. The van der Waals surface area contributed by atoms with Gasteiger partial charge in [-0.2, -0.15) is 0 Å².